The summed E-state index contributed by atoms with van der Waals surface area (Å²) in [7, 11) is 1.53. The van der Waals surface area contributed by atoms with Crippen LogP contribution < -0.4 is 10.5 Å². The van der Waals surface area contributed by atoms with Gasteiger partial charge in [-0.05, 0) is 12.0 Å². The van der Waals surface area contributed by atoms with Gasteiger partial charge in [0.25, 0.3) is 0 Å². The van der Waals surface area contributed by atoms with Gasteiger partial charge in [0.1, 0.15) is 5.69 Å². The molecule has 106 valence electrons. The molecule has 0 bridgehead atoms. The number of aryl methyl sites for hydroxylation is 1. The number of carbonyl (C=O) groups is 1. The number of carbonyl (C=O) groups excluding carboxylic acids is 1. The van der Waals surface area contributed by atoms with Crippen LogP contribution in [0.2, 0.25) is 0 Å². The molecule has 0 unspecified atom stereocenters. The molecule has 1 aromatic heterocycles. The van der Waals surface area contributed by atoms with Crippen LogP contribution in [0.5, 0.6) is 5.75 Å². The second-order valence-corrected chi connectivity index (χ2v) is 4.54. The van der Waals surface area contributed by atoms with Gasteiger partial charge >= 0.3 is 0 Å². The van der Waals surface area contributed by atoms with E-state index < -0.39 is 6.04 Å². The number of Topliss-reactive ketones (excluding diaryl/α,β-unsaturated/α-hetero) is 1. The van der Waals surface area contributed by atoms with Crippen molar-refractivity contribution in [3.63, 3.8) is 0 Å². The van der Waals surface area contributed by atoms with Crippen LogP contribution in [0.15, 0.2) is 36.5 Å². The van der Waals surface area contributed by atoms with E-state index in [-0.39, 0.29) is 5.78 Å². The van der Waals surface area contributed by atoms with Crippen molar-refractivity contribution in [3.05, 3.63) is 47.8 Å². The maximum Gasteiger partial charge on any atom is 0.205 e. The summed E-state index contributed by atoms with van der Waals surface area (Å²) in [5.74, 6) is 0.286. The van der Waals surface area contributed by atoms with Gasteiger partial charge in [0, 0.05) is 6.54 Å². The second kappa shape index (κ2) is 6.34. The van der Waals surface area contributed by atoms with Crippen LogP contribution in [0.1, 0.15) is 35.4 Å². The SMILES string of the molecule is CCCn1ncc(OC)c1C(=O)[C@H](N)c1ccccc1. The Morgan fingerprint density at radius 2 is 2.10 bits per heavy atom. The molecule has 0 saturated heterocycles. The van der Waals surface area contributed by atoms with E-state index in [9.17, 15) is 4.79 Å². The summed E-state index contributed by atoms with van der Waals surface area (Å²) < 4.78 is 6.88. The average Bonchev–Trinajstić information content (AvgIpc) is 2.90. The van der Waals surface area contributed by atoms with Crippen molar-refractivity contribution in [2.45, 2.75) is 25.9 Å². The van der Waals surface area contributed by atoms with Crippen LogP contribution in [-0.4, -0.2) is 22.7 Å². The fourth-order valence-corrected chi connectivity index (χ4v) is 2.11. The fraction of sp³-hybridized carbons (Fsp3) is 0.333. The smallest absolute Gasteiger partial charge is 0.205 e. The summed E-state index contributed by atoms with van der Waals surface area (Å²) in [6.45, 7) is 2.69. The molecule has 2 rings (SSSR count). The summed E-state index contributed by atoms with van der Waals surface area (Å²) in [4.78, 5) is 12.6. The lowest BCUT2D eigenvalue weighted by Crippen LogP contribution is -2.24. The van der Waals surface area contributed by atoms with E-state index in [1.807, 2.05) is 37.3 Å². The summed E-state index contributed by atoms with van der Waals surface area (Å²) in [6, 6.07) is 8.59. The molecule has 0 amide bonds. The van der Waals surface area contributed by atoms with Crippen LogP contribution in [-0.2, 0) is 6.54 Å². The average molecular weight is 273 g/mol. The molecule has 0 saturated carbocycles. The normalized spacial score (nSPS) is 12.2. The molecule has 0 spiro atoms. The number of benzene rings is 1. The van der Waals surface area contributed by atoms with Gasteiger partial charge in [-0.1, -0.05) is 37.3 Å². The third-order valence-electron chi connectivity index (χ3n) is 3.14. The molecule has 2 aromatic rings. The minimum atomic E-state index is -0.711. The van der Waals surface area contributed by atoms with Gasteiger partial charge in [0.2, 0.25) is 5.78 Å². The molecule has 1 atom stereocenters. The molecular formula is C15H19N3O2. The number of ketones is 1. The van der Waals surface area contributed by atoms with Gasteiger partial charge in [-0.15, -0.1) is 0 Å². The number of nitrogens with two attached hydrogens (primary N) is 1. The topological polar surface area (TPSA) is 70.1 Å². The number of ether oxygens (including phenoxy) is 1. The molecule has 2 N–H and O–H groups in total. The number of rotatable bonds is 6. The highest BCUT2D eigenvalue weighted by Gasteiger charge is 2.25. The fourth-order valence-electron chi connectivity index (χ4n) is 2.11. The molecule has 5 heteroatoms. The predicted octanol–water partition coefficient (Wildman–Crippen LogP) is 2.18. The summed E-state index contributed by atoms with van der Waals surface area (Å²) in [5, 5.41) is 4.19. The highest BCUT2D eigenvalue weighted by molar-refractivity contribution is 6.01. The van der Waals surface area contributed by atoms with E-state index in [2.05, 4.69) is 5.10 Å². The maximum atomic E-state index is 12.6. The third kappa shape index (κ3) is 2.72. The number of hydrogen-bond donors (Lipinski definition) is 1. The third-order valence-corrected chi connectivity index (χ3v) is 3.14. The van der Waals surface area contributed by atoms with Crippen molar-refractivity contribution in [2.75, 3.05) is 7.11 Å². The van der Waals surface area contributed by atoms with Crippen LogP contribution in [0, 0.1) is 0 Å². The Kier molecular flexibility index (Phi) is 4.53. The Balaban J connectivity index is 2.35. The number of aromatic nitrogens is 2. The minimum Gasteiger partial charge on any atom is -0.493 e. The van der Waals surface area contributed by atoms with Gasteiger partial charge < -0.3 is 10.5 Å². The predicted molar refractivity (Wildman–Crippen MR) is 76.8 cm³/mol. The lowest BCUT2D eigenvalue weighted by Gasteiger charge is -2.13. The molecule has 0 radical (unpaired) electrons. The molecule has 0 aliphatic carbocycles. The van der Waals surface area contributed by atoms with E-state index in [1.165, 1.54) is 7.11 Å². The van der Waals surface area contributed by atoms with Gasteiger partial charge in [0.15, 0.2) is 5.75 Å². The van der Waals surface area contributed by atoms with E-state index in [0.29, 0.717) is 18.0 Å². The van der Waals surface area contributed by atoms with Gasteiger partial charge in [-0.2, -0.15) is 5.10 Å². The van der Waals surface area contributed by atoms with Crippen LogP contribution in [0.25, 0.3) is 0 Å². The van der Waals surface area contributed by atoms with E-state index in [0.717, 1.165) is 12.0 Å². The van der Waals surface area contributed by atoms with Crippen molar-refractivity contribution in [2.24, 2.45) is 5.73 Å². The molecule has 1 aromatic carbocycles. The first kappa shape index (κ1) is 14.3. The first-order chi connectivity index (χ1) is 9.69. The van der Waals surface area contributed by atoms with Crippen molar-refractivity contribution in [1.82, 2.24) is 9.78 Å². The van der Waals surface area contributed by atoms with Gasteiger partial charge in [0.05, 0.1) is 19.3 Å². The lowest BCUT2D eigenvalue weighted by molar-refractivity contribution is 0.0947. The first-order valence-corrected chi connectivity index (χ1v) is 6.63. The van der Waals surface area contributed by atoms with Crippen molar-refractivity contribution < 1.29 is 9.53 Å². The summed E-state index contributed by atoms with van der Waals surface area (Å²) >= 11 is 0. The van der Waals surface area contributed by atoms with Crippen LogP contribution in [0.3, 0.4) is 0 Å². The zero-order valence-electron chi connectivity index (χ0n) is 11.7. The monoisotopic (exact) mass is 273 g/mol. The zero-order chi connectivity index (χ0) is 14.5. The van der Waals surface area contributed by atoms with E-state index >= 15 is 0 Å². The Morgan fingerprint density at radius 1 is 1.40 bits per heavy atom. The first-order valence-electron chi connectivity index (χ1n) is 6.63. The highest BCUT2D eigenvalue weighted by Crippen LogP contribution is 2.24. The van der Waals surface area contributed by atoms with Crippen molar-refractivity contribution in [1.29, 1.82) is 0 Å². The Labute approximate surface area is 118 Å². The standard InChI is InChI=1S/C15H19N3O2/c1-3-9-18-14(12(20-2)10-17-18)15(19)13(16)11-7-5-4-6-8-11/h4-8,10,13H,3,9,16H2,1-2H3/t13-/m1/s1. The molecule has 0 aliphatic heterocycles. The number of hydrogen-bond acceptors (Lipinski definition) is 4. The zero-order valence-corrected chi connectivity index (χ0v) is 11.7. The van der Waals surface area contributed by atoms with Crippen LogP contribution >= 0.6 is 0 Å². The number of nitrogens with zero attached hydrogens (tertiary/aromatic N) is 2. The van der Waals surface area contributed by atoms with E-state index in [4.69, 9.17) is 10.5 Å². The Hall–Kier alpha value is -2.14. The molecule has 1 heterocycles. The Bertz CT molecular complexity index is 578. The van der Waals surface area contributed by atoms with Crippen LogP contribution in [0.4, 0.5) is 0 Å². The maximum absolute atomic E-state index is 12.6. The van der Waals surface area contributed by atoms with Crippen molar-refractivity contribution >= 4 is 5.78 Å². The van der Waals surface area contributed by atoms with Gasteiger partial charge in [-0.3, -0.25) is 9.48 Å². The van der Waals surface area contributed by atoms with Gasteiger partial charge in [-0.25, -0.2) is 0 Å². The summed E-state index contributed by atoms with van der Waals surface area (Å²) in [5.41, 5.74) is 7.29. The summed E-state index contributed by atoms with van der Waals surface area (Å²) in [6.07, 6.45) is 2.44. The second-order valence-electron chi connectivity index (χ2n) is 4.54. The quantitative estimate of drug-likeness (QED) is 0.819. The minimum absolute atomic E-state index is 0.181. The molecule has 5 nitrogen and oxygen atoms in total. The van der Waals surface area contributed by atoms with Crippen molar-refractivity contribution in [3.8, 4) is 5.75 Å². The number of methoxy groups -OCH3 is 1. The molecular weight excluding hydrogens is 254 g/mol. The molecule has 0 aliphatic rings. The largest absolute Gasteiger partial charge is 0.493 e. The van der Waals surface area contributed by atoms with E-state index in [1.54, 1.807) is 10.9 Å². The molecule has 20 heavy (non-hydrogen) atoms. The highest BCUT2D eigenvalue weighted by atomic mass is 16.5. The Morgan fingerprint density at radius 3 is 2.70 bits per heavy atom. The lowest BCUT2D eigenvalue weighted by atomic mass is 10.0. The molecule has 0 fully saturated rings.